The normalized spacial score (nSPS) is 11.3. The van der Waals surface area contributed by atoms with Gasteiger partial charge in [0, 0.05) is 11.6 Å². The third-order valence-corrected chi connectivity index (χ3v) is 4.05. The molecule has 150 valence electrons. The summed E-state index contributed by atoms with van der Waals surface area (Å²) in [6.07, 6.45) is 1.97. The predicted octanol–water partition coefficient (Wildman–Crippen LogP) is 4.57. The second-order valence-electron chi connectivity index (χ2n) is 7.42. The van der Waals surface area contributed by atoms with Gasteiger partial charge in [0.1, 0.15) is 11.5 Å². The van der Waals surface area contributed by atoms with Gasteiger partial charge in [0.2, 0.25) is 5.91 Å². The third-order valence-electron chi connectivity index (χ3n) is 4.05. The largest absolute Gasteiger partial charge is 0.491 e. The maximum Gasteiger partial charge on any atom is 0.244 e. The molecule has 0 saturated carbocycles. The summed E-state index contributed by atoms with van der Waals surface area (Å²) in [7, 11) is 0. The molecule has 0 aliphatic heterocycles. The molecule has 0 atom stereocenters. The molecular formula is C23H30N2O3. The molecule has 1 N–H and O–H groups in total. The van der Waals surface area contributed by atoms with Crippen LogP contribution < -0.4 is 14.9 Å². The van der Waals surface area contributed by atoms with Crippen LogP contribution in [-0.4, -0.2) is 24.3 Å². The van der Waals surface area contributed by atoms with Gasteiger partial charge in [-0.25, -0.2) is 5.43 Å². The number of amides is 1. The van der Waals surface area contributed by atoms with Crippen molar-refractivity contribution in [2.75, 3.05) is 0 Å². The summed E-state index contributed by atoms with van der Waals surface area (Å²) < 4.78 is 11.6. The van der Waals surface area contributed by atoms with E-state index in [1.54, 1.807) is 6.21 Å². The number of nitrogens with zero attached hydrogens (tertiary/aromatic N) is 1. The van der Waals surface area contributed by atoms with Crippen LogP contribution >= 0.6 is 0 Å². The van der Waals surface area contributed by atoms with Gasteiger partial charge in [-0.05, 0) is 70.4 Å². The van der Waals surface area contributed by atoms with Crippen molar-refractivity contribution in [3.63, 3.8) is 0 Å². The van der Waals surface area contributed by atoms with E-state index in [-0.39, 0.29) is 24.5 Å². The first-order valence-corrected chi connectivity index (χ1v) is 9.60. The number of ether oxygens (including phenoxy) is 2. The highest BCUT2D eigenvalue weighted by atomic mass is 16.5. The maximum atomic E-state index is 12.2. The summed E-state index contributed by atoms with van der Waals surface area (Å²) in [5.74, 6) is 1.24. The number of rotatable bonds is 8. The Morgan fingerprint density at radius 2 is 1.71 bits per heavy atom. The summed E-state index contributed by atoms with van der Waals surface area (Å²) in [5.41, 5.74) is 6.71. The van der Waals surface area contributed by atoms with Gasteiger partial charge in [0.15, 0.2) is 0 Å². The summed E-state index contributed by atoms with van der Waals surface area (Å²) in [6.45, 7) is 12.0. The lowest BCUT2D eigenvalue weighted by atomic mass is 10.0. The molecule has 0 fully saturated rings. The number of hydrogen-bond acceptors (Lipinski definition) is 4. The zero-order valence-electron chi connectivity index (χ0n) is 17.6. The van der Waals surface area contributed by atoms with Crippen LogP contribution in [0.5, 0.6) is 11.5 Å². The standard InChI is InChI=1S/C23H30N2O3/c1-15(2)27-21-10-9-20(22(13-21)28-16(3)4)14-24-25-23(26)12-19-8-7-17(5)18(6)11-19/h7-11,13-16H,12H2,1-6H3,(H,25,26). The number of carbonyl (C=O) groups excluding carboxylic acids is 1. The Balaban J connectivity index is 2.05. The fraction of sp³-hybridized carbons (Fsp3) is 0.391. The average Bonchev–Trinajstić information content (AvgIpc) is 2.59. The summed E-state index contributed by atoms with van der Waals surface area (Å²) in [5, 5.41) is 4.09. The number of nitrogens with one attached hydrogen (secondary N) is 1. The van der Waals surface area contributed by atoms with Gasteiger partial charge in [0.05, 0.1) is 24.8 Å². The summed E-state index contributed by atoms with van der Waals surface area (Å²) >= 11 is 0. The molecule has 5 heteroatoms. The van der Waals surface area contributed by atoms with Crippen molar-refractivity contribution in [2.24, 2.45) is 5.10 Å². The first kappa shape index (κ1) is 21.5. The van der Waals surface area contributed by atoms with E-state index in [0.717, 1.165) is 16.9 Å². The minimum absolute atomic E-state index is 0.0146. The highest BCUT2D eigenvalue weighted by Gasteiger charge is 2.08. The van der Waals surface area contributed by atoms with E-state index in [9.17, 15) is 4.79 Å². The van der Waals surface area contributed by atoms with Gasteiger partial charge in [-0.3, -0.25) is 4.79 Å². The van der Waals surface area contributed by atoms with Crippen LogP contribution in [0.2, 0.25) is 0 Å². The maximum absolute atomic E-state index is 12.2. The van der Waals surface area contributed by atoms with Gasteiger partial charge in [-0.15, -0.1) is 0 Å². The van der Waals surface area contributed by atoms with Gasteiger partial charge in [-0.2, -0.15) is 5.10 Å². The van der Waals surface area contributed by atoms with E-state index < -0.39 is 0 Å². The molecule has 0 aliphatic carbocycles. The molecular weight excluding hydrogens is 352 g/mol. The van der Waals surface area contributed by atoms with E-state index in [0.29, 0.717) is 5.75 Å². The van der Waals surface area contributed by atoms with Gasteiger partial charge in [-0.1, -0.05) is 18.2 Å². The minimum atomic E-state index is -0.161. The van der Waals surface area contributed by atoms with Crippen LogP contribution in [0.1, 0.15) is 49.9 Å². The Morgan fingerprint density at radius 1 is 1.00 bits per heavy atom. The highest BCUT2D eigenvalue weighted by Crippen LogP contribution is 2.25. The van der Waals surface area contributed by atoms with Crippen LogP contribution in [0.15, 0.2) is 41.5 Å². The Bertz CT molecular complexity index is 842. The van der Waals surface area contributed by atoms with Crippen LogP contribution in [-0.2, 0) is 11.2 Å². The molecule has 0 aromatic heterocycles. The molecule has 0 heterocycles. The third kappa shape index (κ3) is 6.72. The van der Waals surface area contributed by atoms with Crippen molar-refractivity contribution in [3.05, 3.63) is 58.7 Å². The van der Waals surface area contributed by atoms with E-state index >= 15 is 0 Å². The highest BCUT2D eigenvalue weighted by molar-refractivity contribution is 5.86. The van der Waals surface area contributed by atoms with E-state index in [1.165, 1.54) is 11.1 Å². The predicted molar refractivity (Wildman–Crippen MR) is 113 cm³/mol. The van der Waals surface area contributed by atoms with Crippen molar-refractivity contribution < 1.29 is 14.3 Å². The van der Waals surface area contributed by atoms with Crippen LogP contribution in [0.3, 0.4) is 0 Å². The lowest BCUT2D eigenvalue weighted by Gasteiger charge is -2.15. The van der Waals surface area contributed by atoms with Crippen molar-refractivity contribution in [1.29, 1.82) is 0 Å². The molecule has 0 bridgehead atoms. The SMILES string of the molecule is Cc1ccc(CC(=O)NN=Cc2ccc(OC(C)C)cc2OC(C)C)cc1C. The fourth-order valence-corrected chi connectivity index (χ4v) is 2.64. The Morgan fingerprint density at radius 3 is 2.36 bits per heavy atom. The van der Waals surface area contributed by atoms with E-state index in [2.05, 4.69) is 17.5 Å². The molecule has 0 spiro atoms. The molecule has 0 radical (unpaired) electrons. The van der Waals surface area contributed by atoms with Gasteiger partial charge >= 0.3 is 0 Å². The fourth-order valence-electron chi connectivity index (χ4n) is 2.64. The van der Waals surface area contributed by atoms with Crippen molar-refractivity contribution >= 4 is 12.1 Å². The van der Waals surface area contributed by atoms with Gasteiger partial charge in [0.25, 0.3) is 0 Å². The second-order valence-corrected chi connectivity index (χ2v) is 7.42. The zero-order valence-corrected chi connectivity index (χ0v) is 17.6. The smallest absolute Gasteiger partial charge is 0.244 e. The number of benzene rings is 2. The number of aryl methyl sites for hydroxylation is 2. The topological polar surface area (TPSA) is 59.9 Å². The summed E-state index contributed by atoms with van der Waals surface area (Å²) in [6, 6.07) is 11.6. The molecule has 0 saturated heterocycles. The van der Waals surface area contributed by atoms with Gasteiger partial charge < -0.3 is 9.47 Å². The van der Waals surface area contributed by atoms with Crippen LogP contribution in [0, 0.1) is 13.8 Å². The average molecular weight is 383 g/mol. The molecule has 28 heavy (non-hydrogen) atoms. The van der Waals surface area contributed by atoms with Crippen molar-refractivity contribution in [1.82, 2.24) is 5.43 Å². The lowest BCUT2D eigenvalue weighted by Crippen LogP contribution is -2.20. The summed E-state index contributed by atoms with van der Waals surface area (Å²) in [4.78, 5) is 12.2. The van der Waals surface area contributed by atoms with E-state index in [4.69, 9.17) is 9.47 Å². The van der Waals surface area contributed by atoms with E-state index in [1.807, 2.05) is 71.0 Å². The van der Waals surface area contributed by atoms with Crippen molar-refractivity contribution in [3.8, 4) is 11.5 Å². The molecule has 0 aliphatic rings. The minimum Gasteiger partial charge on any atom is -0.491 e. The Labute approximate surface area is 167 Å². The molecule has 2 aromatic rings. The van der Waals surface area contributed by atoms with Crippen LogP contribution in [0.25, 0.3) is 0 Å². The monoisotopic (exact) mass is 382 g/mol. The molecule has 0 unspecified atom stereocenters. The Hall–Kier alpha value is -2.82. The second kappa shape index (κ2) is 9.93. The molecule has 1 amide bonds. The first-order valence-electron chi connectivity index (χ1n) is 9.60. The number of hydrazone groups is 1. The lowest BCUT2D eigenvalue weighted by molar-refractivity contribution is -0.120. The first-order chi connectivity index (χ1) is 13.2. The van der Waals surface area contributed by atoms with Crippen LogP contribution in [0.4, 0.5) is 0 Å². The number of carbonyl (C=O) groups is 1. The molecule has 5 nitrogen and oxygen atoms in total. The number of hydrogen-bond donors (Lipinski definition) is 1. The molecule has 2 rings (SSSR count). The quantitative estimate of drug-likeness (QED) is 0.537. The van der Waals surface area contributed by atoms with Crippen molar-refractivity contribution in [2.45, 2.75) is 60.2 Å². The Kier molecular flexibility index (Phi) is 7.61. The zero-order chi connectivity index (χ0) is 20.7. The molecule has 2 aromatic carbocycles.